The molecule has 2 nitrogen and oxygen atoms in total. The second-order valence-electron chi connectivity index (χ2n) is 4.91. The van der Waals surface area contributed by atoms with Crippen molar-refractivity contribution in [2.24, 2.45) is 5.92 Å². The normalized spacial score (nSPS) is 16.1. The maximum absolute atomic E-state index is 14.0. The molecule has 0 saturated heterocycles. The fraction of sp³-hybridized carbons (Fsp3) is 0.467. The number of anilines is 1. The SMILES string of the molecule is C#CCN(CC1CC1)c1ccc([C@@H](C)O)cc1F. The van der Waals surface area contributed by atoms with Gasteiger partial charge in [-0.2, -0.15) is 0 Å². The summed E-state index contributed by atoms with van der Waals surface area (Å²) in [6.45, 7) is 2.86. The van der Waals surface area contributed by atoms with Crippen LogP contribution in [0.2, 0.25) is 0 Å². The summed E-state index contributed by atoms with van der Waals surface area (Å²) in [4.78, 5) is 1.90. The van der Waals surface area contributed by atoms with Crippen molar-refractivity contribution in [3.63, 3.8) is 0 Å². The van der Waals surface area contributed by atoms with Crippen LogP contribution in [0.3, 0.4) is 0 Å². The highest BCUT2D eigenvalue weighted by atomic mass is 19.1. The molecule has 0 unspecified atom stereocenters. The molecule has 1 atom stereocenters. The van der Waals surface area contributed by atoms with E-state index in [1.54, 1.807) is 19.1 Å². The van der Waals surface area contributed by atoms with Crippen molar-refractivity contribution in [1.29, 1.82) is 0 Å². The van der Waals surface area contributed by atoms with Gasteiger partial charge in [-0.25, -0.2) is 4.39 Å². The maximum Gasteiger partial charge on any atom is 0.146 e. The minimum absolute atomic E-state index is 0.315. The van der Waals surface area contributed by atoms with Gasteiger partial charge in [-0.1, -0.05) is 12.0 Å². The molecule has 0 aromatic heterocycles. The Labute approximate surface area is 107 Å². The summed E-state index contributed by atoms with van der Waals surface area (Å²) in [5, 5.41) is 9.42. The zero-order valence-electron chi connectivity index (χ0n) is 10.6. The second-order valence-corrected chi connectivity index (χ2v) is 4.91. The Hall–Kier alpha value is -1.53. The van der Waals surface area contributed by atoms with E-state index in [4.69, 9.17) is 6.42 Å². The van der Waals surface area contributed by atoms with E-state index in [1.165, 1.54) is 18.9 Å². The molecule has 18 heavy (non-hydrogen) atoms. The predicted molar refractivity (Wildman–Crippen MR) is 70.8 cm³/mol. The summed E-state index contributed by atoms with van der Waals surface area (Å²) in [7, 11) is 0. The number of halogens is 1. The minimum atomic E-state index is -0.655. The Morgan fingerprint density at radius 2 is 2.28 bits per heavy atom. The van der Waals surface area contributed by atoms with Gasteiger partial charge in [0.15, 0.2) is 0 Å². The second kappa shape index (κ2) is 5.41. The molecule has 1 aromatic rings. The van der Waals surface area contributed by atoms with Crippen LogP contribution in [0, 0.1) is 24.1 Å². The summed E-state index contributed by atoms with van der Waals surface area (Å²) in [5.41, 5.74) is 1.12. The van der Waals surface area contributed by atoms with E-state index in [2.05, 4.69) is 5.92 Å². The van der Waals surface area contributed by atoms with Gasteiger partial charge in [0.25, 0.3) is 0 Å². The Kier molecular flexibility index (Phi) is 3.88. The summed E-state index contributed by atoms with van der Waals surface area (Å²) in [5.74, 6) is 2.91. The predicted octanol–water partition coefficient (Wildman–Crippen LogP) is 2.73. The van der Waals surface area contributed by atoms with Gasteiger partial charge in [0.2, 0.25) is 0 Å². The van der Waals surface area contributed by atoms with Crippen molar-refractivity contribution in [1.82, 2.24) is 0 Å². The Balaban J connectivity index is 2.20. The van der Waals surface area contributed by atoms with Crippen molar-refractivity contribution in [3.05, 3.63) is 29.6 Å². The molecule has 96 valence electrons. The Morgan fingerprint density at radius 3 is 2.78 bits per heavy atom. The van der Waals surface area contributed by atoms with Crippen LogP contribution in [0.25, 0.3) is 0 Å². The van der Waals surface area contributed by atoms with Gasteiger partial charge < -0.3 is 10.0 Å². The molecule has 1 aromatic carbocycles. The van der Waals surface area contributed by atoms with Crippen LogP contribution in [0.15, 0.2) is 18.2 Å². The molecule has 0 aliphatic heterocycles. The van der Waals surface area contributed by atoms with E-state index < -0.39 is 6.10 Å². The monoisotopic (exact) mass is 247 g/mol. The zero-order valence-corrected chi connectivity index (χ0v) is 10.6. The van der Waals surface area contributed by atoms with Crippen LogP contribution in [-0.2, 0) is 0 Å². The van der Waals surface area contributed by atoms with Gasteiger partial charge >= 0.3 is 0 Å². The van der Waals surface area contributed by atoms with Gasteiger partial charge in [0.05, 0.1) is 18.3 Å². The van der Waals surface area contributed by atoms with Crippen LogP contribution < -0.4 is 4.90 Å². The maximum atomic E-state index is 14.0. The number of benzene rings is 1. The lowest BCUT2D eigenvalue weighted by Gasteiger charge is -2.23. The van der Waals surface area contributed by atoms with Crippen molar-refractivity contribution in [3.8, 4) is 12.3 Å². The molecule has 1 N–H and O–H groups in total. The van der Waals surface area contributed by atoms with Crippen LogP contribution in [0.1, 0.15) is 31.4 Å². The zero-order chi connectivity index (χ0) is 13.1. The van der Waals surface area contributed by atoms with Crippen molar-refractivity contribution in [2.45, 2.75) is 25.9 Å². The highest BCUT2D eigenvalue weighted by Gasteiger charge is 2.25. The average Bonchev–Trinajstić information content (AvgIpc) is 3.12. The molecule has 1 aliphatic rings. The largest absolute Gasteiger partial charge is 0.389 e. The molecular weight excluding hydrogens is 229 g/mol. The van der Waals surface area contributed by atoms with E-state index in [1.807, 2.05) is 4.90 Å². The van der Waals surface area contributed by atoms with Crippen molar-refractivity contribution < 1.29 is 9.50 Å². The number of hydrogen-bond donors (Lipinski definition) is 1. The lowest BCUT2D eigenvalue weighted by molar-refractivity contribution is 0.199. The van der Waals surface area contributed by atoms with Crippen LogP contribution in [-0.4, -0.2) is 18.2 Å². The highest BCUT2D eigenvalue weighted by molar-refractivity contribution is 5.50. The standard InChI is InChI=1S/C15H18FNO/c1-3-8-17(10-12-4-5-12)15-7-6-13(11(2)18)9-14(15)16/h1,6-7,9,11-12,18H,4-5,8,10H2,2H3/t11-/m1/s1. The summed E-state index contributed by atoms with van der Waals surface area (Å²) in [6.07, 6.45) is 7.09. The summed E-state index contributed by atoms with van der Waals surface area (Å²) >= 11 is 0. The molecule has 0 radical (unpaired) electrons. The molecule has 1 fully saturated rings. The first-order valence-electron chi connectivity index (χ1n) is 6.27. The average molecular weight is 247 g/mol. The highest BCUT2D eigenvalue weighted by Crippen LogP contribution is 2.32. The smallest absolute Gasteiger partial charge is 0.146 e. The summed E-state index contributed by atoms with van der Waals surface area (Å²) < 4.78 is 14.0. The molecule has 0 bridgehead atoms. The molecule has 1 aliphatic carbocycles. The van der Waals surface area contributed by atoms with Crippen molar-refractivity contribution >= 4 is 5.69 Å². The molecule has 0 amide bonds. The lowest BCUT2D eigenvalue weighted by atomic mass is 10.1. The van der Waals surface area contributed by atoms with E-state index >= 15 is 0 Å². The number of terminal acetylenes is 1. The van der Waals surface area contributed by atoms with E-state index in [0.29, 0.717) is 23.7 Å². The molecule has 0 heterocycles. The summed E-state index contributed by atoms with van der Waals surface area (Å²) in [6, 6.07) is 4.84. The van der Waals surface area contributed by atoms with Gasteiger partial charge in [0, 0.05) is 6.54 Å². The van der Waals surface area contributed by atoms with Crippen LogP contribution >= 0.6 is 0 Å². The third kappa shape index (κ3) is 3.02. The molecule has 0 spiro atoms. The lowest BCUT2D eigenvalue weighted by Crippen LogP contribution is -2.27. The van der Waals surface area contributed by atoms with E-state index in [9.17, 15) is 9.50 Å². The van der Waals surface area contributed by atoms with Crippen LogP contribution in [0.5, 0.6) is 0 Å². The molecule has 3 heteroatoms. The number of nitrogens with zero attached hydrogens (tertiary/aromatic N) is 1. The van der Waals surface area contributed by atoms with E-state index in [0.717, 1.165) is 6.54 Å². The Bertz CT molecular complexity index is 460. The first-order chi connectivity index (χ1) is 8.61. The van der Waals surface area contributed by atoms with Gasteiger partial charge in [0.1, 0.15) is 5.82 Å². The number of rotatable bonds is 5. The number of aliphatic hydroxyl groups is 1. The minimum Gasteiger partial charge on any atom is -0.389 e. The third-order valence-electron chi connectivity index (χ3n) is 3.25. The molecule has 1 saturated carbocycles. The fourth-order valence-corrected chi connectivity index (χ4v) is 2.01. The molecular formula is C15H18FNO. The quantitative estimate of drug-likeness (QED) is 0.809. The number of aliphatic hydroxyl groups excluding tert-OH is 1. The van der Waals surface area contributed by atoms with Gasteiger partial charge in [-0.05, 0) is 43.4 Å². The van der Waals surface area contributed by atoms with Crippen LogP contribution in [0.4, 0.5) is 10.1 Å². The Morgan fingerprint density at radius 1 is 1.56 bits per heavy atom. The molecule has 2 rings (SSSR count). The fourth-order valence-electron chi connectivity index (χ4n) is 2.01. The van der Waals surface area contributed by atoms with Gasteiger partial charge in [-0.3, -0.25) is 0 Å². The first-order valence-corrected chi connectivity index (χ1v) is 6.27. The first kappa shape index (κ1) is 12.9. The number of hydrogen-bond acceptors (Lipinski definition) is 2. The van der Waals surface area contributed by atoms with Crippen molar-refractivity contribution in [2.75, 3.05) is 18.0 Å². The third-order valence-corrected chi connectivity index (χ3v) is 3.25. The van der Waals surface area contributed by atoms with Gasteiger partial charge in [-0.15, -0.1) is 6.42 Å². The topological polar surface area (TPSA) is 23.5 Å². The van der Waals surface area contributed by atoms with E-state index in [-0.39, 0.29) is 5.82 Å².